The van der Waals surface area contributed by atoms with E-state index in [0.717, 1.165) is 11.3 Å². The summed E-state index contributed by atoms with van der Waals surface area (Å²) in [7, 11) is 3.72. The SMILES string of the molecule is CCOC(=O)/C(=C\N(C)C)c1ccc(C)nc1. The van der Waals surface area contributed by atoms with Gasteiger partial charge >= 0.3 is 5.97 Å². The first-order chi connectivity index (χ1) is 8.04. The zero-order chi connectivity index (χ0) is 12.8. The summed E-state index contributed by atoms with van der Waals surface area (Å²) >= 11 is 0. The number of aryl methyl sites for hydroxylation is 1. The minimum atomic E-state index is -0.327. The fraction of sp³-hybridized carbons (Fsp3) is 0.385. The van der Waals surface area contributed by atoms with Crippen LogP contribution in [0, 0.1) is 6.92 Å². The van der Waals surface area contributed by atoms with Gasteiger partial charge in [0.2, 0.25) is 0 Å². The lowest BCUT2D eigenvalue weighted by Gasteiger charge is -2.11. The van der Waals surface area contributed by atoms with Gasteiger partial charge < -0.3 is 9.64 Å². The highest BCUT2D eigenvalue weighted by atomic mass is 16.5. The molecule has 0 amide bonds. The summed E-state index contributed by atoms with van der Waals surface area (Å²) in [5, 5.41) is 0. The van der Waals surface area contributed by atoms with Crippen molar-refractivity contribution in [1.29, 1.82) is 0 Å². The zero-order valence-electron chi connectivity index (χ0n) is 10.7. The molecule has 4 nitrogen and oxygen atoms in total. The van der Waals surface area contributed by atoms with Crippen molar-refractivity contribution in [3.63, 3.8) is 0 Å². The van der Waals surface area contributed by atoms with E-state index in [4.69, 9.17) is 4.74 Å². The smallest absolute Gasteiger partial charge is 0.340 e. The Balaban J connectivity index is 3.06. The van der Waals surface area contributed by atoms with Crippen LogP contribution in [0.15, 0.2) is 24.5 Å². The number of rotatable bonds is 4. The highest BCUT2D eigenvalue weighted by Gasteiger charge is 2.13. The summed E-state index contributed by atoms with van der Waals surface area (Å²) in [6.45, 7) is 4.06. The molecular formula is C13H18N2O2. The number of pyridine rings is 1. The van der Waals surface area contributed by atoms with E-state index in [1.165, 1.54) is 0 Å². The summed E-state index contributed by atoms with van der Waals surface area (Å²) in [5.41, 5.74) is 2.20. The summed E-state index contributed by atoms with van der Waals surface area (Å²) in [6.07, 6.45) is 3.42. The van der Waals surface area contributed by atoms with Crippen LogP contribution in [0.2, 0.25) is 0 Å². The number of aromatic nitrogens is 1. The molecule has 1 aromatic rings. The molecule has 92 valence electrons. The van der Waals surface area contributed by atoms with Crippen LogP contribution < -0.4 is 0 Å². The van der Waals surface area contributed by atoms with Crippen molar-refractivity contribution in [2.45, 2.75) is 13.8 Å². The van der Waals surface area contributed by atoms with Gasteiger partial charge in [0.25, 0.3) is 0 Å². The third-order valence-electron chi connectivity index (χ3n) is 2.11. The van der Waals surface area contributed by atoms with Crippen LogP contribution in [0.5, 0.6) is 0 Å². The van der Waals surface area contributed by atoms with Crippen molar-refractivity contribution in [2.24, 2.45) is 0 Å². The van der Waals surface area contributed by atoms with Gasteiger partial charge in [-0.3, -0.25) is 4.98 Å². The van der Waals surface area contributed by atoms with Crippen LogP contribution in [0.25, 0.3) is 5.57 Å². The number of esters is 1. The second-order valence-electron chi connectivity index (χ2n) is 3.92. The molecule has 0 bridgehead atoms. The van der Waals surface area contributed by atoms with E-state index < -0.39 is 0 Å². The van der Waals surface area contributed by atoms with Gasteiger partial charge in [-0.25, -0.2) is 4.79 Å². The van der Waals surface area contributed by atoms with Crippen molar-refractivity contribution in [3.05, 3.63) is 35.8 Å². The number of ether oxygens (including phenoxy) is 1. The molecule has 0 N–H and O–H groups in total. The lowest BCUT2D eigenvalue weighted by Crippen LogP contribution is -2.11. The third-order valence-corrected chi connectivity index (χ3v) is 2.11. The van der Waals surface area contributed by atoms with Crippen LogP contribution in [0.4, 0.5) is 0 Å². The second kappa shape index (κ2) is 6.03. The Morgan fingerprint density at radius 3 is 2.65 bits per heavy atom. The normalized spacial score (nSPS) is 11.2. The largest absolute Gasteiger partial charge is 0.462 e. The van der Waals surface area contributed by atoms with E-state index >= 15 is 0 Å². The third kappa shape index (κ3) is 3.90. The Labute approximate surface area is 102 Å². The van der Waals surface area contributed by atoms with Crippen LogP contribution >= 0.6 is 0 Å². The molecule has 1 rings (SSSR count). The molecule has 0 spiro atoms. The molecule has 0 saturated heterocycles. The predicted molar refractivity (Wildman–Crippen MR) is 67.3 cm³/mol. The molecule has 0 aliphatic rings. The molecule has 0 saturated carbocycles. The van der Waals surface area contributed by atoms with Gasteiger partial charge in [-0.05, 0) is 19.9 Å². The standard InChI is InChI=1S/C13H18N2O2/c1-5-17-13(16)12(9-15(3)4)11-7-6-10(2)14-8-11/h6-9H,5H2,1-4H3/b12-9-. The van der Waals surface area contributed by atoms with Crippen LogP contribution in [0.3, 0.4) is 0 Å². The van der Waals surface area contributed by atoms with Gasteiger partial charge in [-0.15, -0.1) is 0 Å². The van der Waals surface area contributed by atoms with Crippen LogP contribution in [0.1, 0.15) is 18.2 Å². The molecule has 0 aromatic carbocycles. The molecule has 17 heavy (non-hydrogen) atoms. The summed E-state index contributed by atoms with van der Waals surface area (Å²) < 4.78 is 5.03. The van der Waals surface area contributed by atoms with Gasteiger partial charge in [0, 0.05) is 37.7 Å². The molecular weight excluding hydrogens is 216 g/mol. The maximum atomic E-state index is 11.8. The summed E-state index contributed by atoms with van der Waals surface area (Å²) in [4.78, 5) is 17.8. The van der Waals surface area contributed by atoms with Gasteiger partial charge in [-0.1, -0.05) is 6.07 Å². The minimum Gasteiger partial charge on any atom is -0.462 e. The van der Waals surface area contributed by atoms with Gasteiger partial charge in [0.05, 0.1) is 12.2 Å². The second-order valence-corrected chi connectivity index (χ2v) is 3.92. The van der Waals surface area contributed by atoms with Gasteiger partial charge in [0.1, 0.15) is 0 Å². The average Bonchev–Trinajstić information content (AvgIpc) is 2.27. The Bertz CT molecular complexity index is 408. The van der Waals surface area contributed by atoms with Crippen molar-refractivity contribution < 1.29 is 9.53 Å². The van der Waals surface area contributed by atoms with Crippen LogP contribution in [-0.4, -0.2) is 36.6 Å². The van der Waals surface area contributed by atoms with E-state index in [2.05, 4.69) is 4.98 Å². The van der Waals surface area contributed by atoms with E-state index in [1.807, 2.05) is 38.1 Å². The summed E-state index contributed by atoms with van der Waals surface area (Å²) in [5.74, 6) is -0.327. The fourth-order valence-electron chi connectivity index (χ4n) is 1.34. The van der Waals surface area contributed by atoms with E-state index in [1.54, 1.807) is 19.3 Å². The molecule has 0 atom stereocenters. The number of nitrogens with zero attached hydrogens (tertiary/aromatic N) is 2. The highest BCUT2D eigenvalue weighted by molar-refractivity contribution is 6.16. The lowest BCUT2D eigenvalue weighted by atomic mass is 10.1. The average molecular weight is 234 g/mol. The maximum absolute atomic E-state index is 11.8. The van der Waals surface area contributed by atoms with E-state index in [0.29, 0.717) is 12.2 Å². The van der Waals surface area contributed by atoms with Crippen molar-refractivity contribution in [3.8, 4) is 0 Å². The van der Waals surface area contributed by atoms with Crippen molar-refractivity contribution in [1.82, 2.24) is 9.88 Å². The molecule has 0 fully saturated rings. The number of hydrogen-bond donors (Lipinski definition) is 0. The molecule has 1 heterocycles. The Morgan fingerprint density at radius 2 is 2.18 bits per heavy atom. The first-order valence-electron chi connectivity index (χ1n) is 5.53. The van der Waals surface area contributed by atoms with E-state index in [-0.39, 0.29) is 5.97 Å². The topological polar surface area (TPSA) is 42.4 Å². The van der Waals surface area contributed by atoms with E-state index in [9.17, 15) is 4.79 Å². The zero-order valence-corrected chi connectivity index (χ0v) is 10.7. The first-order valence-corrected chi connectivity index (χ1v) is 5.53. The molecule has 1 aromatic heterocycles. The van der Waals surface area contributed by atoms with Gasteiger partial charge in [0.15, 0.2) is 0 Å². The number of carbonyl (C=O) groups excluding carboxylic acids is 1. The predicted octanol–water partition coefficient (Wildman–Crippen LogP) is 1.86. The Hall–Kier alpha value is -1.84. The fourth-order valence-corrected chi connectivity index (χ4v) is 1.34. The maximum Gasteiger partial charge on any atom is 0.340 e. The first kappa shape index (κ1) is 13.2. The van der Waals surface area contributed by atoms with Crippen molar-refractivity contribution >= 4 is 11.5 Å². The monoisotopic (exact) mass is 234 g/mol. The number of hydrogen-bond acceptors (Lipinski definition) is 4. The summed E-state index contributed by atoms with van der Waals surface area (Å²) in [6, 6.07) is 3.74. The highest BCUT2D eigenvalue weighted by Crippen LogP contribution is 2.16. The Kier molecular flexibility index (Phi) is 4.69. The van der Waals surface area contributed by atoms with Gasteiger partial charge in [-0.2, -0.15) is 0 Å². The minimum absolute atomic E-state index is 0.327. The van der Waals surface area contributed by atoms with Crippen molar-refractivity contribution in [2.75, 3.05) is 20.7 Å². The van der Waals surface area contributed by atoms with Crippen LogP contribution in [-0.2, 0) is 9.53 Å². The molecule has 0 unspecified atom stereocenters. The molecule has 4 heteroatoms. The Morgan fingerprint density at radius 1 is 1.47 bits per heavy atom. The number of carbonyl (C=O) groups is 1. The molecule has 0 aliphatic heterocycles. The quantitative estimate of drug-likeness (QED) is 0.589. The lowest BCUT2D eigenvalue weighted by molar-refractivity contribution is -0.136. The molecule has 0 radical (unpaired) electrons. The molecule has 0 aliphatic carbocycles.